The highest BCUT2D eigenvalue weighted by Gasteiger charge is 2.25. The number of hydrogen-bond acceptors (Lipinski definition) is 4. The van der Waals surface area contributed by atoms with Crippen molar-refractivity contribution in [1.82, 2.24) is 19.2 Å². The standard InChI is InChI=1S/C15H26N4O2S/c1-13-4-6-14(7-5-13)15(12-17-22(20,21)16-2)19-10-8-18(3)9-11-19/h4-7,15-17H,8-12H2,1-3H3. The fourth-order valence-electron chi connectivity index (χ4n) is 2.64. The molecule has 1 fully saturated rings. The minimum Gasteiger partial charge on any atom is -0.304 e. The van der Waals surface area contributed by atoms with Crippen LogP contribution in [0.25, 0.3) is 0 Å². The normalized spacial score (nSPS) is 19.2. The Kier molecular flexibility index (Phi) is 5.94. The zero-order valence-corrected chi connectivity index (χ0v) is 14.4. The largest absolute Gasteiger partial charge is 0.304 e. The minimum atomic E-state index is -3.42. The molecule has 1 unspecified atom stereocenters. The molecule has 0 radical (unpaired) electrons. The number of piperazine rings is 1. The first kappa shape index (κ1) is 17.4. The summed E-state index contributed by atoms with van der Waals surface area (Å²) in [4.78, 5) is 4.64. The van der Waals surface area contributed by atoms with Crippen molar-refractivity contribution in [2.24, 2.45) is 0 Å². The van der Waals surface area contributed by atoms with Gasteiger partial charge in [-0.3, -0.25) is 4.90 Å². The zero-order chi connectivity index (χ0) is 16.2. The number of aryl methyl sites for hydroxylation is 1. The SMILES string of the molecule is CNS(=O)(=O)NCC(c1ccc(C)cc1)N1CCN(C)CC1. The summed E-state index contributed by atoms with van der Waals surface area (Å²) in [5.41, 5.74) is 2.35. The van der Waals surface area contributed by atoms with Crippen molar-refractivity contribution in [3.63, 3.8) is 0 Å². The molecule has 0 bridgehead atoms. The number of benzene rings is 1. The Morgan fingerprint density at radius 3 is 2.27 bits per heavy atom. The van der Waals surface area contributed by atoms with Gasteiger partial charge in [-0.2, -0.15) is 8.42 Å². The second-order valence-electron chi connectivity index (χ2n) is 5.82. The van der Waals surface area contributed by atoms with Crippen LogP contribution in [0.4, 0.5) is 0 Å². The molecule has 124 valence electrons. The van der Waals surface area contributed by atoms with Crippen molar-refractivity contribution >= 4 is 10.2 Å². The maximum absolute atomic E-state index is 11.7. The molecule has 0 spiro atoms. The second kappa shape index (κ2) is 7.52. The van der Waals surface area contributed by atoms with Gasteiger partial charge in [0.2, 0.25) is 0 Å². The van der Waals surface area contributed by atoms with Gasteiger partial charge in [0.15, 0.2) is 0 Å². The van der Waals surface area contributed by atoms with Gasteiger partial charge in [0, 0.05) is 45.8 Å². The molecule has 0 aromatic heterocycles. The molecular formula is C15H26N4O2S. The highest BCUT2D eigenvalue weighted by molar-refractivity contribution is 7.87. The van der Waals surface area contributed by atoms with Gasteiger partial charge in [0.05, 0.1) is 0 Å². The Hall–Kier alpha value is -0.990. The number of nitrogens with one attached hydrogen (secondary N) is 2. The third kappa shape index (κ3) is 4.76. The number of rotatable bonds is 6. The molecule has 1 atom stereocenters. The van der Waals surface area contributed by atoms with Crippen molar-refractivity contribution < 1.29 is 8.42 Å². The number of nitrogens with zero attached hydrogens (tertiary/aromatic N) is 2. The summed E-state index contributed by atoms with van der Waals surface area (Å²) in [5, 5.41) is 0. The average molecular weight is 326 g/mol. The van der Waals surface area contributed by atoms with Gasteiger partial charge in [-0.05, 0) is 19.5 Å². The van der Waals surface area contributed by atoms with Gasteiger partial charge in [0.25, 0.3) is 10.2 Å². The molecule has 1 aromatic rings. The van der Waals surface area contributed by atoms with E-state index in [4.69, 9.17) is 0 Å². The van der Waals surface area contributed by atoms with E-state index in [1.807, 2.05) is 0 Å². The van der Waals surface area contributed by atoms with Crippen molar-refractivity contribution in [1.29, 1.82) is 0 Å². The van der Waals surface area contributed by atoms with Gasteiger partial charge in [-0.15, -0.1) is 0 Å². The predicted octanol–water partition coefficient (Wildman–Crippen LogP) is 0.337. The van der Waals surface area contributed by atoms with Gasteiger partial charge in [-0.1, -0.05) is 29.8 Å². The Labute approximate surface area is 133 Å². The first-order valence-electron chi connectivity index (χ1n) is 7.58. The van der Waals surface area contributed by atoms with Crippen LogP contribution < -0.4 is 9.44 Å². The topological polar surface area (TPSA) is 64.7 Å². The van der Waals surface area contributed by atoms with E-state index in [-0.39, 0.29) is 6.04 Å². The summed E-state index contributed by atoms with van der Waals surface area (Å²) in [5.74, 6) is 0. The lowest BCUT2D eigenvalue weighted by Gasteiger charge is -2.38. The third-order valence-electron chi connectivity index (χ3n) is 4.18. The van der Waals surface area contributed by atoms with Crippen molar-refractivity contribution in [2.75, 3.05) is 46.8 Å². The van der Waals surface area contributed by atoms with Gasteiger partial charge in [-0.25, -0.2) is 9.44 Å². The maximum Gasteiger partial charge on any atom is 0.276 e. The quantitative estimate of drug-likeness (QED) is 0.791. The highest BCUT2D eigenvalue weighted by atomic mass is 32.2. The van der Waals surface area contributed by atoms with Crippen molar-refractivity contribution in [2.45, 2.75) is 13.0 Å². The molecule has 2 rings (SSSR count). The minimum absolute atomic E-state index is 0.0532. The molecule has 1 aromatic carbocycles. The van der Waals surface area contributed by atoms with Crippen LogP contribution >= 0.6 is 0 Å². The lowest BCUT2D eigenvalue weighted by atomic mass is 10.0. The van der Waals surface area contributed by atoms with Crippen molar-refractivity contribution in [3.05, 3.63) is 35.4 Å². The van der Waals surface area contributed by atoms with Crippen molar-refractivity contribution in [3.8, 4) is 0 Å². The first-order chi connectivity index (χ1) is 10.4. The van der Waals surface area contributed by atoms with Gasteiger partial charge < -0.3 is 4.90 Å². The van der Waals surface area contributed by atoms with Crippen LogP contribution in [0.2, 0.25) is 0 Å². The smallest absolute Gasteiger partial charge is 0.276 e. The van der Waals surface area contributed by atoms with Crippen LogP contribution in [-0.4, -0.2) is 65.0 Å². The summed E-state index contributed by atoms with van der Waals surface area (Å²) in [6, 6.07) is 8.38. The zero-order valence-electron chi connectivity index (χ0n) is 13.5. The van der Waals surface area contributed by atoms with E-state index in [2.05, 4.69) is 57.5 Å². The Balaban J connectivity index is 2.15. The monoisotopic (exact) mass is 326 g/mol. The van der Waals surface area contributed by atoms with Crippen LogP contribution in [0.1, 0.15) is 17.2 Å². The fraction of sp³-hybridized carbons (Fsp3) is 0.600. The molecule has 0 aliphatic carbocycles. The van der Waals surface area contributed by atoms with E-state index in [1.165, 1.54) is 12.6 Å². The summed E-state index contributed by atoms with van der Waals surface area (Å²) in [6.07, 6.45) is 0. The van der Waals surface area contributed by atoms with E-state index >= 15 is 0 Å². The van der Waals surface area contributed by atoms with Crippen LogP contribution in [-0.2, 0) is 10.2 Å². The first-order valence-corrected chi connectivity index (χ1v) is 9.07. The van der Waals surface area contributed by atoms with E-state index < -0.39 is 10.2 Å². The Bertz CT molecular complexity index is 566. The average Bonchev–Trinajstić information content (AvgIpc) is 2.51. The molecular weight excluding hydrogens is 300 g/mol. The molecule has 2 N–H and O–H groups in total. The number of likely N-dealkylation sites (N-methyl/N-ethyl adjacent to an activating group) is 1. The maximum atomic E-state index is 11.7. The molecule has 0 amide bonds. The molecule has 1 aliphatic rings. The predicted molar refractivity (Wildman–Crippen MR) is 89.0 cm³/mol. The lowest BCUT2D eigenvalue weighted by Crippen LogP contribution is -2.49. The van der Waals surface area contributed by atoms with Crippen LogP contribution in [0, 0.1) is 6.92 Å². The number of hydrogen-bond donors (Lipinski definition) is 2. The second-order valence-corrected chi connectivity index (χ2v) is 7.53. The molecule has 1 saturated heterocycles. The summed E-state index contributed by atoms with van der Waals surface area (Å²) < 4.78 is 28.3. The highest BCUT2D eigenvalue weighted by Crippen LogP contribution is 2.22. The van der Waals surface area contributed by atoms with E-state index in [0.29, 0.717) is 6.54 Å². The molecule has 1 heterocycles. The van der Waals surface area contributed by atoms with Gasteiger partial charge >= 0.3 is 0 Å². The van der Waals surface area contributed by atoms with Crippen LogP contribution in [0.15, 0.2) is 24.3 Å². The summed E-state index contributed by atoms with van der Waals surface area (Å²) in [7, 11) is 0.112. The van der Waals surface area contributed by atoms with E-state index in [9.17, 15) is 8.42 Å². The molecule has 6 nitrogen and oxygen atoms in total. The van der Waals surface area contributed by atoms with Crippen LogP contribution in [0.5, 0.6) is 0 Å². The molecule has 22 heavy (non-hydrogen) atoms. The Morgan fingerprint density at radius 1 is 1.14 bits per heavy atom. The molecule has 1 aliphatic heterocycles. The third-order valence-corrected chi connectivity index (χ3v) is 5.26. The fourth-order valence-corrected chi connectivity index (χ4v) is 3.16. The summed E-state index contributed by atoms with van der Waals surface area (Å²) >= 11 is 0. The van der Waals surface area contributed by atoms with Crippen LogP contribution in [0.3, 0.4) is 0 Å². The molecule has 0 saturated carbocycles. The lowest BCUT2D eigenvalue weighted by molar-refractivity contribution is 0.113. The summed E-state index contributed by atoms with van der Waals surface area (Å²) in [6.45, 7) is 6.31. The Morgan fingerprint density at radius 2 is 1.73 bits per heavy atom. The van der Waals surface area contributed by atoms with Gasteiger partial charge in [0.1, 0.15) is 0 Å². The van der Waals surface area contributed by atoms with E-state index in [0.717, 1.165) is 31.7 Å². The van der Waals surface area contributed by atoms with E-state index in [1.54, 1.807) is 0 Å². The molecule has 7 heteroatoms.